The lowest BCUT2D eigenvalue weighted by atomic mass is 10.1. The average Bonchev–Trinajstić information content (AvgIpc) is 3.02. The number of aryl methyl sites for hydroxylation is 1. The average molecular weight is 360 g/mol. The molecule has 1 aromatic heterocycles. The number of hydrogen-bond acceptors (Lipinski definition) is 5. The maximum atomic E-state index is 12.2. The van der Waals surface area contributed by atoms with Gasteiger partial charge in [-0.3, -0.25) is 9.59 Å². The number of hydrogen-bond donors (Lipinski definition) is 2. The van der Waals surface area contributed by atoms with Crippen molar-refractivity contribution in [3.63, 3.8) is 0 Å². The molecule has 2 rings (SSSR count). The van der Waals surface area contributed by atoms with E-state index in [0.717, 1.165) is 11.3 Å². The molecule has 2 aromatic rings. The smallest absolute Gasteiger partial charge is 0.251 e. The minimum atomic E-state index is -0.565. The van der Waals surface area contributed by atoms with Crippen LogP contribution in [-0.4, -0.2) is 26.0 Å². The first-order chi connectivity index (χ1) is 12.0. The summed E-state index contributed by atoms with van der Waals surface area (Å²) in [6.07, 6.45) is 3.75. The Balaban J connectivity index is 2.19. The monoisotopic (exact) mass is 360 g/mol. The van der Waals surface area contributed by atoms with Crippen LogP contribution in [0.1, 0.15) is 27.7 Å². The number of ether oxygens (including phenoxy) is 2. The highest BCUT2D eigenvalue weighted by atomic mass is 32.1. The van der Waals surface area contributed by atoms with Crippen molar-refractivity contribution < 1.29 is 19.1 Å². The van der Waals surface area contributed by atoms with Crippen LogP contribution in [0.5, 0.6) is 11.5 Å². The summed E-state index contributed by atoms with van der Waals surface area (Å²) in [5, 5.41) is 3.16. The summed E-state index contributed by atoms with van der Waals surface area (Å²) in [6.45, 7) is 1.97. The Morgan fingerprint density at radius 3 is 2.60 bits per heavy atom. The summed E-state index contributed by atoms with van der Waals surface area (Å²) in [4.78, 5) is 24.7. The fourth-order valence-corrected chi connectivity index (χ4v) is 3.19. The molecule has 0 aliphatic heterocycles. The second-order valence-corrected chi connectivity index (χ2v) is 6.24. The predicted octanol–water partition coefficient (Wildman–Crippen LogP) is 3.08. The number of primary amides is 1. The number of nitrogens with one attached hydrogen (secondary N) is 1. The molecule has 2 amide bonds. The maximum absolute atomic E-state index is 12.2. The van der Waals surface area contributed by atoms with Gasteiger partial charge in [0.2, 0.25) is 5.91 Å². The quantitative estimate of drug-likeness (QED) is 0.743. The number of benzene rings is 1. The summed E-state index contributed by atoms with van der Waals surface area (Å²) in [7, 11) is 3.12. The highest BCUT2D eigenvalue weighted by molar-refractivity contribution is 7.16. The first kappa shape index (κ1) is 18.5. The van der Waals surface area contributed by atoms with Crippen molar-refractivity contribution in [2.45, 2.75) is 13.3 Å². The van der Waals surface area contributed by atoms with E-state index in [-0.39, 0.29) is 5.91 Å². The van der Waals surface area contributed by atoms with Gasteiger partial charge in [-0.15, -0.1) is 11.3 Å². The van der Waals surface area contributed by atoms with Crippen LogP contribution in [0.25, 0.3) is 6.08 Å². The minimum Gasteiger partial charge on any atom is -0.497 e. The molecule has 1 heterocycles. The largest absolute Gasteiger partial charge is 0.497 e. The van der Waals surface area contributed by atoms with Crippen LogP contribution in [0, 0.1) is 0 Å². The molecule has 0 radical (unpaired) electrons. The topological polar surface area (TPSA) is 90.7 Å². The summed E-state index contributed by atoms with van der Waals surface area (Å²) in [5.74, 6) is 0.344. The van der Waals surface area contributed by atoms with Gasteiger partial charge in [-0.2, -0.15) is 0 Å². The summed E-state index contributed by atoms with van der Waals surface area (Å²) >= 11 is 1.34. The molecular formula is C18H20N2O4S. The second-order valence-electron chi connectivity index (χ2n) is 5.10. The zero-order valence-electron chi connectivity index (χ0n) is 14.3. The van der Waals surface area contributed by atoms with Gasteiger partial charge < -0.3 is 20.5 Å². The van der Waals surface area contributed by atoms with Gasteiger partial charge in [0.15, 0.2) is 0 Å². The van der Waals surface area contributed by atoms with Crippen molar-refractivity contribution >= 4 is 34.2 Å². The van der Waals surface area contributed by atoms with Crippen molar-refractivity contribution in [3.8, 4) is 11.5 Å². The van der Waals surface area contributed by atoms with Crippen molar-refractivity contribution in [2.24, 2.45) is 5.73 Å². The van der Waals surface area contributed by atoms with E-state index in [9.17, 15) is 9.59 Å². The fraction of sp³-hybridized carbons (Fsp3) is 0.222. The van der Waals surface area contributed by atoms with Crippen LogP contribution < -0.4 is 20.5 Å². The number of anilines is 1. The molecule has 3 N–H and O–H groups in total. The molecule has 0 fully saturated rings. The van der Waals surface area contributed by atoms with Crippen LogP contribution in [0.2, 0.25) is 0 Å². The summed E-state index contributed by atoms with van der Waals surface area (Å²) in [6, 6.07) is 7.00. The van der Waals surface area contributed by atoms with E-state index in [1.165, 1.54) is 17.4 Å². The number of thiophene rings is 1. The molecule has 0 bridgehead atoms. The Labute approximate surface area is 150 Å². The van der Waals surface area contributed by atoms with Gasteiger partial charge in [0, 0.05) is 16.5 Å². The number of amides is 2. The Morgan fingerprint density at radius 2 is 2.00 bits per heavy atom. The van der Waals surface area contributed by atoms with Gasteiger partial charge in [-0.1, -0.05) is 6.92 Å². The number of rotatable bonds is 7. The molecule has 0 aliphatic rings. The molecule has 0 atom stereocenters. The van der Waals surface area contributed by atoms with E-state index < -0.39 is 5.91 Å². The molecular weight excluding hydrogens is 340 g/mol. The van der Waals surface area contributed by atoms with Crippen LogP contribution in [-0.2, 0) is 11.2 Å². The number of carbonyl (C=O) groups excluding carboxylic acids is 2. The van der Waals surface area contributed by atoms with Gasteiger partial charge >= 0.3 is 0 Å². The normalized spacial score (nSPS) is 10.7. The minimum absolute atomic E-state index is 0.322. The van der Waals surface area contributed by atoms with Crippen LogP contribution in [0.4, 0.5) is 5.00 Å². The maximum Gasteiger partial charge on any atom is 0.251 e. The molecule has 0 unspecified atom stereocenters. The number of methoxy groups -OCH3 is 2. The van der Waals surface area contributed by atoms with Gasteiger partial charge in [0.1, 0.15) is 16.5 Å². The highest BCUT2D eigenvalue weighted by Gasteiger charge is 2.14. The van der Waals surface area contributed by atoms with E-state index in [4.69, 9.17) is 15.2 Å². The van der Waals surface area contributed by atoms with E-state index in [2.05, 4.69) is 5.32 Å². The molecule has 1 aromatic carbocycles. The molecule has 0 aliphatic carbocycles. The molecule has 25 heavy (non-hydrogen) atoms. The van der Waals surface area contributed by atoms with Crippen molar-refractivity contribution in [3.05, 3.63) is 46.3 Å². The predicted molar refractivity (Wildman–Crippen MR) is 99.4 cm³/mol. The van der Waals surface area contributed by atoms with Crippen LogP contribution in [0.15, 0.2) is 30.3 Å². The molecule has 7 heteroatoms. The SMILES string of the molecule is CCc1cc(C(N)=O)c(NC(=O)/C=C/c2cc(OC)ccc2OC)s1. The lowest BCUT2D eigenvalue weighted by molar-refractivity contribution is -0.111. The zero-order chi connectivity index (χ0) is 18.4. The molecule has 6 nitrogen and oxygen atoms in total. The van der Waals surface area contributed by atoms with Crippen molar-refractivity contribution in [1.29, 1.82) is 0 Å². The lowest BCUT2D eigenvalue weighted by Gasteiger charge is -2.07. The first-order valence-electron chi connectivity index (χ1n) is 7.62. The Hall–Kier alpha value is -2.80. The Morgan fingerprint density at radius 1 is 1.24 bits per heavy atom. The standard InChI is InChI=1S/C18H20N2O4S/c1-4-13-10-14(17(19)22)18(25-13)20-16(21)8-5-11-9-12(23-2)6-7-15(11)24-3/h5-10H,4H2,1-3H3,(H2,19,22)(H,20,21)/b8-5+. The molecule has 132 valence electrons. The third-order valence-electron chi connectivity index (χ3n) is 3.48. The summed E-state index contributed by atoms with van der Waals surface area (Å²) in [5.41, 5.74) is 6.38. The van der Waals surface area contributed by atoms with Crippen molar-refractivity contribution in [1.82, 2.24) is 0 Å². The third kappa shape index (κ3) is 4.60. The van der Waals surface area contributed by atoms with Gasteiger partial charge in [-0.25, -0.2) is 0 Å². The lowest BCUT2D eigenvalue weighted by Crippen LogP contribution is -2.14. The Kier molecular flexibility index (Phi) is 6.19. The van der Waals surface area contributed by atoms with E-state index in [0.29, 0.717) is 27.6 Å². The van der Waals surface area contributed by atoms with Crippen LogP contribution in [0.3, 0.4) is 0 Å². The number of carbonyl (C=O) groups is 2. The second kappa shape index (κ2) is 8.34. The van der Waals surface area contributed by atoms with Gasteiger partial charge in [0.05, 0.1) is 19.8 Å². The Bertz CT molecular complexity index is 811. The fourth-order valence-electron chi connectivity index (χ4n) is 2.18. The zero-order valence-corrected chi connectivity index (χ0v) is 15.1. The highest BCUT2D eigenvalue weighted by Crippen LogP contribution is 2.29. The van der Waals surface area contributed by atoms with Gasteiger partial charge in [0.25, 0.3) is 5.91 Å². The molecule has 0 saturated carbocycles. The summed E-state index contributed by atoms with van der Waals surface area (Å²) < 4.78 is 10.4. The first-order valence-corrected chi connectivity index (χ1v) is 8.43. The van der Waals surface area contributed by atoms with E-state index in [1.54, 1.807) is 44.6 Å². The van der Waals surface area contributed by atoms with E-state index in [1.807, 2.05) is 6.92 Å². The molecule has 0 saturated heterocycles. The third-order valence-corrected chi connectivity index (χ3v) is 4.68. The number of nitrogens with two attached hydrogens (primary N) is 1. The molecule has 0 spiro atoms. The van der Waals surface area contributed by atoms with Crippen LogP contribution >= 0.6 is 11.3 Å². The van der Waals surface area contributed by atoms with Crippen molar-refractivity contribution in [2.75, 3.05) is 19.5 Å². The van der Waals surface area contributed by atoms with Gasteiger partial charge in [-0.05, 0) is 36.8 Å². The van der Waals surface area contributed by atoms with E-state index >= 15 is 0 Å².